The van der Waals surface area contributed by atoms with Crippen LogP contribution < -0.4 is 15.4 Å². The number of carbonyl (C=O) groups excluding carboxylic acids is 1. The van der Waals surface area contributed by atoms with E-state index < -0.39 is 6.17 Å². The van der Waals surface area contributed by atoms with E-state index in [1.165, 1.54) is 11.3 Å². The van der Waals surface area contributed by atoms with Crippen LogP contribution in [0.4, 0.5) is 5.82 Å². The van der Waals surface area contributed by atoms with Gasteiger partial charge in [0.25, 0.3) is 5.91 Å². The van der Waals surface area contributed by atoms with Gasteiger partial charge in [-0.05, 0) is 79.5 Å². The van der Waals surface area contributed by atoms with Crippen molar-refractivity contribution in [2.24, 2.45) is 0 Å². The molecule has 3 aromatic carbocycles. The number of halogens is 2. The van der Waals surface area contributed by atoms with Gasteiger partial charge in [0, 0.05) is 5.69 Å². The van der Waals surface area contributed by atoms with Crippen LogP contribution in [0.2, 0.25) is 0 Å². The molecule has 0 saturated carbocycles. The predicted molar refractivity (Wildman–Crippen MR) is 141 cm³/mol. The summed E-state index contributed by atoms with van der Waals surface area (Å²) in [6.07, 6.45) is -0.431. The van der Waals surface area contributed by atoms with Crippen molar-refractivity contribution in [1.82, 2.24) is 9.88 Å². The molecular formula is C24H17Br2N3O2S2. The molecule has 2 N–H and O–H groups in total. The maximum atomic E-state index is 12.9. The summed E-state index contributed by atoms with van der Waals surface area (Å²) in [4.78, 5) is 13.5. The van der Waals surface area contributed by atoms with Crippen LogP contribution in [-0.2, 0) is 6.61 Å². The fourth-order valence-corrected chi connectivity index (χ4v) is 6.38. The topological polar surface area (TPSA) is 55.3 Å². The standard InChI is InChI=1S/C24H17Br2N3O2S2/c25-17-11-15(12-18(26)19(17)31-13-14-7-3-1-4-8-14)21-27-22-20(23(30)28-21)33-24(32)29(22)16-9-5-2-6-10-16/h1-12,21,27H,13H2,(H,28,30)/t21-/m0/s1. The SMILES string of the molecule is O=C1N[C@@H](c2cc(Br)c(OCc3ccccc3)c(Br)c2)Nc2c1sc(=S)n2-c1ccccc1. The minimum absolute atomic E-state index is 0.156. The molecule has 4 aromatic rings. The van der Waals surface area contributed by atoms with Crippen molar-refractivity contribution in [2.45, 2.75) is 12.8 Å². The van der Waals surface area contributed by atoms with Crippen LogP contribution in [0, 0.1) is 3.95 Å². The lowest BCUT2D eigenvalue weighted by atomic mass is 10.1. The van der Waals surface area contributed by atoms with Crippen LogP contribution in [-0.4, -0.2) is 10.5 Å². The van der Waals surface area contributed by atoms with Crippen molar-refractivity contribution >= 4 is 67.1 Å². The van der Waals surface area contributed by atoms with E-state index in [9.17, 15) is 4.79 Å². The molecule has 1 aliphatic heterocycles. The van der Waals surface area contributed by atoms with E-state index in [0.717, 1.165) is 25.8 Å². The number of thiazole rings is 1. The van der Waals surface area contributed by atoms with E-state index in [4.69, 9.17) is 17.0 Å². The molecule has 1 aromatic heterocycles. The molecule has 166 valence electrons. The minimum Gasteiger partial charge on any atom is -0.487 e. The second-order valence-electron chi connectivity index (χ2n) is 7.36. The highest BCUT2D eigenvalue weighted by molar-refractivity contribution is 9.11. The molecule has 5 rings (SSSR count). The number of nitrogens with one attached hydrogen (secondary N) is 2. The molecule has 0 bridgehead atoms. The molecular weight excluding hydrogens is 586 g/mol. The first kappa shape index (κ1) is 22.3. The third kappa shape index (κ3) is 4.50. The van der Waals surface area contributed by atoms with Gasteiger partial charge in [-0.15, -0.1) is 0 Å². The summed E-state index contributed by atoms with van der Waals surface area (Å²) in [6.45, 7) is 0.451. The van der Waals surface area contributed by atoms with Crippen molar-refractivity contribution in [1.29, 1.82) is 0 Å². The molecule has 1 amide bonds. The van der Waals surface area contributed by atoms with E-state index >= 15 is 0 Å². The third-order valence-electron chi connectivity index (χ3n) is 5.17. The Morgan fingerprint density at radius 2 is 1.61 bits per heavy atom. The fraction of sp³-hybridized carbons (Fsp3) is 0.0833. The number of hydrogen-bond acceptors (Lipinski definition) is 5. The maximum absolute atomic E-state index is 12.9. The summed E-state index contributed by atoms with van der Waals surface area (Å²) < 4.78 is 10.1. The van der Waals surface area contributed by atoms with Gasteiger partial charge >= 0.3 is 0 Å². The molecule has 2 heterocycles. The summed E-state index contributed by atoms with van der Waals surface area (Å²) in [7, 11) is 0. The van der Waals surface area contributed by atoms with Crippen molar-refractivity contribution in [2.75, 3.05) is 5.32 Å². The number of para-hydroxylation sites is 1. The van der Waals surface area contributed by atoms with Gasteiger partial charge in [-0.25, -0.2) is 0 Å². The Kier molecular flexibility index (Phi) is 6.38. The van der Waals surface area contributed by atoms with E-state index in [-0.39, 0.29) is 5.91 Å². The fourth-order valence-electron chi connectivity index (χ4n) is 3.62. The molecule has 5 nitrogen and oxygen atoms in total. The largest absolute Gasteiger partial charge is 0.487 e. The number of ether oxygens (including phenoxy) is 1. The highest BCUT2D eigenvalue weighted by Crippen LogP contribution is 2.39. The smallest absolute Gasteiger partial charge is 0.267 e. The molecule has 0 saturated heterocycles. The lowest BCUT2D eigenvalue weighted by molar-refractivity contribution is 0.0939. The van der Waals surface area contributed by atoms with Crippen LogP contribution in [0.1, 0.15) is 27.0 Å². The average molecular weight is 603 g/mol. The van der Waals surface area contributed by atoms with Gasteiger partial charge in [0.1, 0.15) is 29.2 Å². The van der Waals surface area contributed by atoms with Gasteiger partial charge in [-0.1, -0.05) is 59.9 Å². The van der Waals surface area contributed by atoms with E-state index in [0.29, 0.717) is 27.0 Å². The van der Waals surface area contributed by atoms with Gasteiger partial charge in [-0.3, -0.25) is 9.36 Å². The molecule has 0 aliphatic carbocycles. The number of carbonyl (C=O) groups is 1. The number of aromatic nitrogens is 1. The number of fused-ring (bicyclic) bond motifs is 1. The van der Waals surface area contributed by atoms with Crippen molar-refractivity contribution in [3.05, 3.63) is 102 Å². The lowest BCUT2D eigenvalue weighted by Crippen LogP contribution is -2.38. The summed E-state index contributed by atoms with van der Waals surface area (Å²) in [5, 5.41) is 6.49. The summed E-state index contributed by atoms with van der Waals surface area (Å²) >= 11 is 14.1. The highest BCUT2D eigenvalue weighted by Gasteiger charge is 2.30. The average Bonchev–Trinajstić information content (AvgIpc) is 3.16. The van der Waals surface area contributed by atoms with Gasteiger partial charge in [-0.2, -0.15) is 0 Å². The third-order valence-corrected chi connectivity index (χ3v) is 7.72. The summed E-state index contributed by atoms with van der Waals surface area (Å²) in [5.74, 6) is 1.24. The minimum atomic E-state index is -0.431. The van der Waals surface area contributed by atoms with Gasteiger partial charge in [0.15, 0.2) is 3.95 Å². The van der Waals surface area contributed by atoms with Gasteiger partial charge in [0.2, 0.25) is 0 Å². The van der Waals surface area contributed by atoms with Crippen LogP contribution in [0.5, 0.6) is 5.75 Å². The number of amides is 1. The zero-order chi connectivity index (χ0) is 22.9. The summed E-state index contributed by atoms with van der Waals surface area (Å²) in [5.41, 5.74) is 2.86. The Hall–Kier alpha value is -2.46. The Bertz CT molecular complexity index is 1370. The van der Waals surface area contributed by atoms with Crippen LogP contribution >= 0.6 is 55.4 Å². The van der Waals surface area contributed by atoms with E-state index in [1.807, 2.05) is 77.4 Å². The van der Waals surface area contributed by atoms with Crippen molar-refractivity contribution < 1.29 is 9.53 Å². The van der Waals surface area contributed by atoms with Gasteiger partial charge in [0.05, 0.1) is 8.95 Å². The van der Waals surface area contributed by atoms with Crippen LogP contribution in [0.3, 0.4) is 0 Å². The number of benzene rings is 3. The van der Waals surface area contributed by atoms with Crippen molar-refractivity contribution in [3.8, 4) is 11.4 Å². The molecule has 1 atom stereocenters. The van der Waals surface area contributed by atoms with E-state index in [2.05, 4.69) is 42.5 Å². The number of nitrogens with zero attached hydrogens (tertiary/aromatic N) is 1. The lowest BCUT2D eigenvalue weighted by Gasteiger charge is -2.28. The Labute approximate surface area is 216 Å². The highest BCUT2D eigenvalue weighted by atomic mass is 79.9. The quantitative estimate of drug-likeness (QED) is 0.237. The Balaban J connectivity index is 1.45. The number of rotatable bonds is 5. The van der Waals surface area contributed by atoms with E-state index in [1.54, 1.807) is 0 Å². The normalized spacial score (nSPS) is 14.8. The number of anilines is 1. The first-order chi connectivity index (χ1) is 16.0. The molecule has 0 fully saturated rings. The second-order valence-corrected chi connectivity index (χ2v) is 10.7. The molecule has 0 unspecified atom stereocenters. The first-order valence-corrected chi connectivity index (χ1v) is 12.9. The zero-order valence-electron chi connectivity index (χ0n) is 17.0. The zero-order valence-corrected chi connectivity index (χ0v) is 21.9. The second kappa shape index (κ2) is 9.42. The maximum Gasteiger partial charge on any atom is 0.267 e. The molecule has 0 spiro atoms. The monoisotopic (exact) mass is 601 g/mol. The molecule has 1 aliphatic rings. The van der Waals surface area contributed by atoms with Gasteiger partial charge < -0.3 is 15.4 Å². The Morgan fingerprint density at radius 1 is 0.970 bits per heavy atom. The summed E-state index contributed by atoms with van der Waals surface area (Å²) in [6, 6.07) is 23.7. The van der Waals surface area contributed by atoms with Crippen LogP contribution in [0.15, 0.2) is 81.7 Å². The molecule has 9 heteroatoms. The van der Waals surface area contributed by atoms with Crippen LogP contribution in [0.25, 0.3) is 5.69 Å². The molecule has 0 radical (unpaired) electrons. The Morgan fingerprint density at radius 3 is 2.27 bits per heavy atom. The molecule has 33 heavy (non-hydrogen) atoms. The predicted octanol–water partition coefficient (Wildman–Crippen LogP) is 7.23. The first-order valence-electron chi connectivity index (χ1n) is 10.1. The van der Waals surface area contributed by atoms with Crippen molar-refractivity contribution in [3.63, 3.8) is 0 Å². The number of hydrogen-bond donors (Lipinski definition) is 2.